The number of ketones is 1. The van der Waals surface area contributed by atoms with Gasteiger partial charge in [-0.2, -0.15) is 0 Å². The van der Waals surface area contributed by atoms with Crippen LogP contribution >= 0.6 is 0 Å². The number of ether oxygens (including phenoxy) is 4. The number of aliphatic hydroxyl groups is 1. The van der Waals surface area contributed by atoms with Crippen molar-refractivity contribution in [2.75, 3.05) is 32.8 Å². The highest BCUT2D eigenvalue weighted by atomic mass is 19.4. The molecule has 0 radical (unpaired) electrons. The summed E-state index contributed by atoms with van der Waals surface area (Å²) in [6.45, 7) is 1.24. The Hall–Kier alpha value is -4.45. The van der Waals surface area contributed by atoms with Gasteiger partial charge in [0, 0.05) is 64.2 Å². The number of Topliss-reactive ketones (excluding diaryl/α,β-unsaturated/α-hetero) is 1. The van der Waals surface area contributed by atoms with E-state index in [9.17, 15) is 22.4 Å². The summed E-state index contributed by atoms with van der Waals surface area (Å²) in [6.07, 6.45) is -3.50. The second-order valence-corrected chi connectivity index (χ2v) is 8.71. The smallest absolute Gasteiger partial charge is 0.497 e. The third-order valence-corrected chi connectivity index (χ3v) is 6.02. The van der Waals surface area contributed by atoms with E-state index in [1.165, 1.54) is 51.6 Å². The van der Waals surface area contributed by atoms with Crippen LogP contribution in [0.2, 0.25) is 0 Å². The molecule has 0 saturated carbocycles. The van der Waals surface area contributed by atoms with E-state index in [0.717, 1.165) is 6.07 Å². The minimum atomic E-state index is -4.88. The molecule has 3 N–H and O–H groups in total. The third-order valence-electron chi connectivity index (χ3n) is 6.02. The van der Waals surface area contributed by atoms with Crippen molar-refractivity contribution in [2.45, 2.75) is 19.3 Å². The maximum absolute atomic E-state index is 14.1. The number of alkyl halides is 3. The number of halogens is 4. The summed E-state index contributed by atoms with van der Waals surface area (Å²) in [7, 11) is 2.79. The molecule has 0 bridgehead atoms. The first-order valence-electron chi connectivity index (χ1n) is 12.0. The number of aliphatic hydroxyl groups excluding tert-OH is 1. The minimum absolute atomic E-state index is 0.0233. The van der Waals surface area contributed by atoms with Crippen LogP contribution in [0.5, 0.6) is 23.0 Å². The highest BCUT2D eigenvalue weighted by Crippen LogP contribution is 2.37. The Kier molecular flexibility index (Phi) is 8.38. The molecule has 0 amide bonds. The van der Waals surface area contributed by atoms with Crippen LogP contribution in [0.25, 0.3) is 10.9 Å². The fraction of sp³-hybridized carbons (Fsp3) is 0.250. The summed E-state index contributed by atoms with van der Waals surface area (Å²) >= 11 is 0. The lowest BCUT2D eigenvalue weighted by Gasteiger charge is -2.22. The van der Waals surface area contributed by atoms with Gasteiger partial charge in [0.25, 0.3) is 0 Å². The molecule has 4 rings (SSSR count). The van der Waals surface area contributed by atoms with Crippen molar-refractivity contribution in [3.05, 3.63) is 77.2 Å². The first-order chi connectivity index (χ1) is 19.0. The molecule has 0 aliphatic rings. The molecular weight excluding hydrogens is 536 g/mol. The van der Waals surface area contributed by atoms with Crippen molar-refractivity contribution in [1.82, 2.24) is 4.98 Å². The van der Waals surface area contributed by atoms with Crippen molar-refractivity contribution in [3.8, 4) is 23.0 Å². The largest absolute Gasteiger partial charge is 0.573 e. The van der Waals surface area contributed by atoms with Gasteiger partial charge in [-0.1, -0.05) is 0 Å². The highest BCUT2D eigenvalue weighted by molar-refractivity contribution is 6.12. The van der Waals surface area contributed by atoms with Crippen LogP contribution in [0.1, 0.15) is 27.5 Å². The van der Waals surface area contributed by atoms with E-state index in [2.05, 4.69) is 15.0 Å². The Morgan fingerprint density at radius 3 is 2.45 bits per heavy atom. The van der Waals surface area contributed by atoms with Crippen LogP contribution in [0.3, 0.4) is 0 Å². The Bertz CT molecular complexity index is 1520. The number of hydrogen-bond acceptors (Lipinski definition) is 7. The predicted molar refractivity (Wildman–Crippen MR) is 139 cm³/mol. The quantitative estimate of drug-likeness (QED) is 0.154. The topological polar surface area (TPSA) is 102 Å². The van der Waals surface area contributed by atoms with Gasteiger partial charge in [-0.25, -0.2) is 4.39 Å². The predicted octanol–water partition coefficient (Wildman–Crippen LogP) is 5.94. The highest BCUT2D eigenvalue weighted by Gasteiger charge is 2.33. The zero-order chi connectivity index (χ0) is 29.0. The number of nitrogens with one attached hydrogen (secondary N) is 2. The number of aryl methyl sites for hydroxylation is 1. The van der Waals surface area contributed by atoms with Crippen molar-refractivity contribution < 1.29 is 46.4 Å². The van der Waals surface area contributed by atoms with Gasteiger partial charge in [0.1, 0.15) is 41.5 Å². The number of hydrogen-bond donors (Lipinski definition) is 3. The molecule has 0 saturated heterocycles. The average molecular weight is 563 g/mol. The zero-order valence-electron chi connectivity index (χ0n) is 21.7. The standard InChI is InChI=1S/C28H26F4N2O6/c1-15-8-21-22(14-33-23(21)13-24(15)40-28(30,31)32)27(36)26(20-5-4-16(29)9-25(20)38-3)34-17-10-18(37-2)12-19(11-17)39-7-6-35/h4-5,8-14,26,33-35H,6-7H2,1-3H3. The second-order valence-electron chi connectivity index (χ2n) is 8.71. The lowest BCUT2D eigenvalue weighted by Crippen LogP contribution is -2.22. The molecule has 0 spiro atoms. The molecule has 4 aromatic rings. The summed E-state index contributed by atoms with van der Waals surface area (Å²) in [6, 6.07) is 9.98. The molecule has 212 valence electrons. The number of fused-ring (bicyclic) bond motifs is 1. The molecule has 3 aromatic carbocycles. The van der Waals surface area contributed by atoms with Crippen molar-refractivity contribution in [2.24, 2.45) is 0 Å². The van der Waals surface area contributed by atoms with Crippen LogP contribution in [0, 0.1) is 12.7 Å². The molecule has 0 fully saturated rings. The van der Waals surface area contributed by atoms with Crippen LogP contribution < -0.4 is 24.3 Å². The molecule has 1 heterocycles. The lowest BCUT2D eigenvalue weighted by atomic mass is 9.95. The monoisotopic (exact) mass is 562 g/mol. The Morgan fingerprint density at radius 1 is 1.02 bits per heavy atom. The third kappa shape index (κ3) is 6.40. The molecule has 1 aromatic heterocycles. The van der Waals surface area contributed by atoms with E-state index >= 15 is 0 Å². The summed E-state index contributed by atoms with van der Waals surface area (Å²) in [5.74, 6) is -0.610. The fourth-order valence-electron chi connectivity index (χ4n) is 4.25. The number of aromatic nitrogens is 1. The molecule has 8 nitrogen and oxygen atoms in total. The van der Waals surface area contributed by atoms with Gasteiger partial charge >= 0.3 is 6.36 Å². The fourth-order valence-corrected chi connectivity index (χ4v) is 4.25. The van der Waals surface area contributed by atoms with Crippen molar-refractivity contribution in [3.63, 3.8) is 0 Å². The van der Waals surface area contributed by atoms with E-state index in [1.807, 2.05) is 0 Å². The maximum atomic E-state index is 14.1. The van der Waals surface area contributed by atoms with Gasteiger partial charge in [-0.3, -0.25) is 4.79 Å². The van der Waals surface area contributed by atoms with Crippen LogP contribution in [-0.2, 0) is 0 Å². The molecule has 12 heteroatoms. The minimum Gasteiger partial charge on any atom is -0.497 e. The molecule has 1 atom stereocenters. The van der Waals surface area contributed by atoms with E-state index < -0.39 is 29.8 Å². The van der Waals surface area contributed by atoms with Gasteiger partial charge in [0.15, 0.2) is 5.78 Å². The normalized spacial score (nSPS) is 12.2. The van der Waals surface area contributed by atoms with Crippen LogP contribution in [0.4, 0.5) is 23.2 Å². The summed E-state index contributed by atoms with van der Waals surface area (Å²) in [5.41, 5.74) is 1.28. The molecule has 40 heavy (non-hydrogen) atoms. The van der Waals surface area contributed by atoms with Gasteiger partial charge in [-0.05, 0) is 30.7 Å². The van der Waals surface area contributed by atoms with Gasteiger partial charge in [0.2, 0.25) is 0 Å². The van der Waals surface area contributed by atoms with E-state index in [1.54, 1.807) is 18.2 Å². The van der Waals surface area contributed by atoms with Crippen molar-refractivity contribution >= 4 is 22.4 Å². The SMILES string of the molecule is COc1cc(NC(C(=O)c2c[nH]c3cc(OC(F)(F)F)c(C)cc23)c2ccc(F)cc2OC)cc(OCCO)c1. The van der Waals surface area contributed by atoms with E-state index in [-0.39, 0.29) is 35.6 Å². The van der Waals surface area contributed by atoms with Crippen molar-refractivity contribution in [1.29, 1.82) is 0 Å². The second kappa shape index (κ2) is 11.7. The van der Waals surface area contributed by atoms with E-state index in [4.69, 9.17) is 19.3 Å². The first-order valence-corrected chi connectivity index (χ1v) is 12.0. The summed E-state index contributed by atoms with van der Waals surface area (Å²) in [5, 5.41) is 12.6. The number of methoxy groups -OCH3 is 2. The number of rotatable bonds is 11. The van der Waals surface area contributed by atoms with Crippen LogP contribution in [0.15, 0.2) is 54.7 Å². The Morgan fingerprint density at radius 2 is 1.77 bits per heavy atom. The van der Waals surface area contributed by atoms with Gasteiger partial charge < -0.3 is 34.4 Å². The number of H-pyrrole nitrogens is 1. The number of anilines is 1. The molecule has 0 aliphatic heterocycles. The molecular formula is C28H26F4N2O6. The Balaban J connectivity index is 1.80. The van der Waals surface area contributed by atoms with Crippen LogP contribution in [-0.4, -0.2) is 49.7 Å². The Labute approximate surface area is 226 Å². The summed E-state index contributed by atoms with van der Waals surface area (Å²) < 4.78 is 72.9. The number of carbonyl (C=O) groups is 1. The molecule has 1 unspecified atom stereocenters. The zero-order valence-corrected chi connectivity index (χ0v) is 21.7. The number of benzene rings is 3. The maximum Gasteiger partial charge on any atom is 0.573 e. The van der Waals surface area contributed by atoms with Gasteiger partial charge in [-0.15, -0.1) is 13.2 Å². The first kappa shape index (κ1) is 28.6. The average Bonchev–Trinajstić information content (AvgIpc) is 3.31. The van der Waals surface area contributed by atoms with E-state index in [0.29, 0.717) is 28.1 Å². The summed E-state index contributed by atoms with van der Waals surface area (Å²) in [4.78, 5) is 16.9. The number of aromatic amines is 1. The van der Waals surface area contributed by atoms with Gasteiger partial charge in [0.05, 0.1) is 20.8 Å². The number of carbonyl (C=O) groups excluding carboxylic acids is 1. The molecule has 0 aliphatic carbocycles. The lowest BCUT2D eigenvalue weighted by molar-refractivity contribution is -0.274.